The SMILES string of the molecule is CCOC(=O)[C@H](OC[C@H]1O[C@@H](n2ccc(=O)n(C)c2=O)[C@H](O)[C@@H]1O)P(=O)(O)O. The van der Waals surface area contributed by atoms with Crippen LogP contribution in [-0.2, 0) is 30.6 Å². The van der Waals surface area contributed by atoms with Gasteiger partial charge in [-0.15, -0.1) is 0 Å². The predicted molar refractivity (Wildman–Crippen MR) is 90.3 cm³/mol. The molecule has 2 heterocycles. The summed E-state index contributed by atoms with van der Waals surface area (Å²) in [6.07, 6.45) is -4.86. The maximum atomic E-state index is 12.2. The number of ether oxygens (including phenoxy) is 3. The van der Waals surface area contributed by atoms with Gasteiger partial charge in [-0.3, -0.25) is 18.5 Å². The second-order valence-electron chi connectivity index (χ2n) is 5.98. The number of carbonyl (C=O) groups excluding carboxylic acids is 1. The minimum Gasteiger partial charge on any atom is -0.464 e. The molecule has 0 aliphatic carbocycles. The van der Waals surface area contributed by atoms with Gasteiger partial charge in [0.05, 0.1) is 13.2 Å². The van der Waals surface area contributed by atoms with Crippen LogP contribution in [0.5, 0.6) is 0 Å². The number of aromatic nitrogens is 2. The van der Waals surface area contributed by atoms with Crippen LogP contribution in [0.1, 0.15) is 13.2 Å². The average molecular weight is 424 g/mol. The van der Waals surface area contributed by atoms with Crippen LogP contribution in [0, 0.1) is 0 Å². The first-order valence-electron chi connectivity index (χ1n) is 8.12. The first kappa shape index (κ1) is 22.4. The highest BCUT2D eigenvalue weighted by Crippen LogP contribution is 2.43. The number of rotatable bonds is 7. The minimum absolute atomic E-state index is 0.141. The Morgan fingerprint density at radius 1 is 1.32 bits per heavy atom. The van der Waals surface area contributed by atoms with Crippen LogP contribution >= 0.6 is 7.60 Å². The third kappa shape index (κ3) is 4.58. The number of esters is 1. The first-order valence-corrected chi connectivity index (χ1v) is 9.80. The summed E-state index contributed by atoms with van der Waals surface area (Å²) >= 11 is 0. The van der Waals surface area contributed by atoms with Crippen molar-refractivity contribution in [3.05, 3.63) is 33.1 Å². The molecule has 1 aliphatic rings. The van der Waals surface area contributed by atoms with Crippen molar-refractivity contribution in [3.63, 3.8) is 0 Å². The Bertz CT molecular complexity index is 875. The Balaban J connectivity index is 2.17. The van der Waals surface area contributed by atoms with E-state index in [1.54, 1.807) is 0 Å². The standard InChI is InChI=1S/C14H21N2O11P/c1-3-25-12(20)13(28(22,23)24)26-6-7-9(18)10(19)11(27-7)16-5-4-8(17)15(2)14(16)21/h4-5,7,9-11,13,18-19H,3,6H2,1-2H3,(H2,22,23,24)/t7-,9-,10-,11-,13-/m1/s1. The van der Waals surface area contributed by atoms with Crippen molar-refractivity contribution in [2.45, 2.75) is 37.3 Å². The van der Waals surface area contributed by atoms with Crippen LogP contribution in [0.2, 0.25) is 0 Å². The van der Waals surface area contributed by atoms with Crippen LogP contribution < -0.4 is 11.2 Å². The number of nitrogens with zero attached hydrogens (tertiary/aromatic N) is 2. The van der Waals surface area contributed by atoms with E-state index in [9.17, 15) is 38.9 Å². The smallest absolute Gasteiger partial charge is 0.365 e. The van der Waals surface area contributed by atoms with Gasteiger partial charge in [-0.05, 0) is 6.92 Å². The molecule has 0 bridgehead atoms. The number of hydrogen-bond acceptors (Lipinski definition) is 9. The third-order valence-corrected chi connectivity index (χ3v) is 5.01. The fourth-order valence-electron chi connectivity index (χ4n) is 2.58. The average Bonchev–Trinajstić information content (AvgIpc) is 2.88. The van der Waals surface area contributed by atoms with Gasteiger partial charge in [0.2, 0.25) is 0 Å². The Morgan fingerprint density at radius 3 is 2.54 bits per heavy atom. The third-order valence-electron chi connectivity index (χ3n) is 4.04. The Morgan fingerprint density at radius 2 is 1.96 bits per heavy atom. The summed E-state index contributed by atoms with van der Waals surface area (Å²) in [7, 11) is -3.82. The molecule has 14 heteroatoms. The fourth-order valence-corrected chi connectivity index (χ4v) is 3.21. The molecule has 0 amide bonds. The lowest BCUT2D eigenvalue weighted by molar-refractivity contribution is -0.155. The molecule has 0 unspecified atom stereocenters. The molecule has 2 rings (SSSR count). The lowest BCUT2D eigenvalue weighted by Gasteiger charge is -2.21. The molecule has 1 aromatic rings. The van der Waals surface area contributed by atoms with Gasteiger partial charge in [-0.25, -0.2) is 9.59 Å². The second kappa shape index (κ2) is 8.66. The molecule has 0 spiro atoms. The number of aliphatic hydroxyl groups is 2. The molecule has 0 aromatic carbocycles. The van der Waals surface area contributed by atoms with Gasteiger partial charge in [0.25, 0.3) is 11.4 Å². The van der Waals surface area contributed by atoms with E-state index < -0.39 is 61.8 Å². The molecule has 5 atom stereocenters. The molecule has 1 saturated heterocycles. The molecule has 1 aromatic heterocycles. The molecule has 158 valence electrons. The number of aliphatic hydroxyl groups excluding tert-OH is 2. The molecule has 1 fully saturated rings. The summed E-state index contributed by atoms with van der Waals surface area (Å²) in [6.45, 7) is 0.603. The van der Waals surface area contributed by atoms with Gasteiger partial charge < -0.3 is 34.2 Å². The van der Waals surface area contributed by atoms with E-state index in [2.05, 4.69) is 4.74 Å². The normalized spacial score (nSPS) is 26.2. The number of hydrogen-bond donors (Lipinski definition) is 4. The zero-order valence-electron chi connectivity index (χ0n) is 14.9. The minimum atomic E-state index is -5.04. The van der Waals surface area contributed by atoms with Gasteiger partial charge in [0, 0.05) is 19.3 Å². The highest BCUT2D eigenvalue weighted by molar-refractivity contribution is 7.53. The molecular weight excluding hydrogens is 403 g/mol. The highest BCUT2D eigenvalue weighted by atomic mass is 31.2. The predicted octanol–water partition coefficient (Wildman–Crippen LogP) is -2.75. The van der Waals surface area contributed by atoms with Crippen LogP contribution in [-0.4, -0.2) is 72.5 Å². The van der Waals surface area contributed by atoms with Crippen molar-refractivity contribution in [1.29, 1.82) is 0 Å². The lowest BCUT2D eigenvalue weighted by Crippen LogP contribution is -2.41. The zero-order chi connectivity index (χ0) is 21.2. The van der Waals surface area contributed by atoms with Crippen molar-refractivity contribution < 1.29 is 43.6 Å². The van der Waals surface area contributed by atoms with E-state index in [1.165, 1.54) is 14.0 Å². The highest BCUT2D eigenvalue weighted by Gasteiger charge is 2.46. The van der Waals surface area contributed by atoms with Crippen LogP contribution in [0.25, 0.3) is 0 Å². The van der Waals surface area contributed by atoms with Crippen molar-refractivity contribution in [2.24, 2.45) is 7.05 Å². The monoisotopic (exact) mass is 424 g/mol. The van der Waals surface area contributed by atoms with Gasteiger partial charge >= 0.3 is 19.3 Å². The summed E-state index contributed by atoms with van der Waals surface area (Å²) in [5.74, 6) is -3.53. The van der Waals surface area contributed by atoms with Crippen LogP contribution in [0.3, 0.4) is 0 Å². The Kier molecular flexibility index (Phi) is 6.93. The van der Waals surface area contributed by atoms with Crippen molar-refractivity contribution in [1.82, 2.24) is 9.13 Å². The summed E-state index contributed by atoms with van der Waals surface area (Å²) in [6, 6.07) is 1.05. The molecule has 0 radical (unpaired) electrons. The van der Waals surface area contributed by atoms with Gasteiger partial charge in [0.1, 0.15) is 18.3 Å². The lowest BCUT2D eigenvalue weighted by atomic mass is 10.1. The number of carbonyl (C=O) groups is 1. The first-order chi connectivity index (χ1) is 13.0. The Hall–Kier alpha value is -1.86. The van der Waals surface area contributed by atoms with E-state index in [4.69, 9.17) is 9.47 Å². The molecule has 13 nitrogen and oxygen atoms in total. The topological polar surface area (TPSA) is 187 Å². The van der Waals surface area contributed by atoms with Crippen LogP contribution in [0.15, 0.2) is 21.9 Å². The largest absolute Gasteiger partial charge is 0.464 e. The van der Waals surface area contributed by atoms with Gasteiger partial charge in [-0.2, -0.15) is 0 Å². The van der Waals surface area contributed by atoms with E-state index >= 15 is 0 Å². The van der Waals surface area contributed by atoms with Gasteiger partial charge in [-0.1, -0.05) is 0 Å². The zero-order valence-corrected chi connectivity index (χ0v) is 15.8. The van der Waals surface area contributed by atoms with E-state index in [0.717, 1.165) is 21.4 Å². The van der Waals surface area contributed by atoms with E-state index in [-0.39, 0.29) is 6.61 Å². The summed E-state index contributed by atoms with van der Waals surface area (Å²) in [5, 5.41) is 20.3. The van der Waals surface area contributed by atoms with Crippen molar-refractivity contribution in [3.8, 4) is 0 Å². The molecule has 4 N–H and O–H groups in total. The molecule has 28 heavy (non-hydrogen) atoms. The summed E-state index contributed by atoms with van der Waals surface area (Å²) < 4.78 is 27.9. The summed E-state index contributed by atoms with van der Waals surface area (Å²) in [4.78, 5) is 53.8. The maximum absolute atomic E-state index is 12.2. The molecular formula is C14H21N2O11P. The van der Waals surface area contributed by atoms with E-state index in [0.29, 0.717) is 0 Å². The van der Waals surface area contributed by atoms with E-state index in [1.807, 2.05) is 0 Å². The fraction of sp³-hybridized carbons (Fsp3) is 0.643. The van der Waals surface area contributed by atoms with Crippen LogP contribution in [0.4, 0.5) is 0 Å². The van der Waals surface area contributed by atoms with Crippen molar-refractivity contribution >= 4 is 13.6 Å². The quantitative estimate of drug-likeness (QED) is 0.262. The molecule has 0 saturated carbocycles. The molecule has 1 aliphatic heterocycles. The van der Waals surface area contributed by atoms with Gasteiger partial charge in [0.15, 0.2) is 6.23 Å². The Labute approximate surface area is 157 Å². The van der Waals surface area contributed by atoms with Crippen molar-refractivity contribution in [2.75, 3.05) is 13.2 Å². The summed E-state index contributed by atoms with van der Waals surface area (Å²) in [5.41, 5.74) is -1.40. The second-order valence-corrected chi connectivity index (χ2v) is 7.62. The maximum Gasteiger partial charge on any atom is 0.365 e.